The maximum atomic E-state index is 12.9. The van der Waals surface area contributed by atoms with Crippen molar-refractivity contribution in [1.82, 2.24) is 0 Å². The first-order chi connectivity index (χ1) is 15.4. The molecule has 0 aliphatic carbocycles. The van der Waals surface area contributed by atoms with Gasteiger partial charge in [0, 0.05) is 27.7 Å². The monoisotopic (exact) mass is 496 g/mol. The second kappa shape index (κ2) is 13.6. The van der Waals surface area contributed by atoms with E-state index < -0.39 is 62.0 Å². The van der Waals surface area contributed by atoms with Gasteiger partial charge < -0.3 is 32.7 Å². The standard InChI is InChI=1S/C20H33O12P/c1-7-27-33(25,28-8-2)10-9-16-18(29-13(4)22)20(31-15(6)24)19(30-14(5)23)17(32-16)11-26-12(3)21/h16-20H,7-11H2,1-6H3/t16-,17-,18-,19-,20-/m1/s1. The average Bonchev–Trinajstić information content (AvgIpc) is 2.68. The summed E-state index contributed by atoms with van der Waals surface area (Å²) in [5, 5.41) is 0. The zero-order chi connectivity index (χ0) is 25.2. The highest BCUT2D eigenvalue weighted by Gasteiger charge is 2.52. The summed E-state index contributed by atoms with van der Waals surface area (Å²) in [6.07, 6.45) is -5.83. The van der Waals surface area contributed by atoms with Crippen LogP contribution >= 0.6 is 7.60 Å². The van der Waals surface area contributed by atoms with Crippen LogP contribution < -0.4 is 0 Å². The molecule has 1 aliphatic heterocycles. The van der Waals surface area contributed by atoms with E-state index in [1.54, 1.807) is 13.8 Å². The van der Waals surface area contributed by atoms with Gasteiger partial charge in [-0.2, -0.15) is 0 Å². The number of rotatable bonds is 12. The van der Waals surface area contributed by atoms with Gasteiger partial charge in [0.2, 0.25) is 0 Å². The highest BCUT2D eigenvalue weighted by molar-refractivity contribution is 7.53. The minimum atomic E-state index is -3.48. The molecule has 0 unspecified atom stereocenters. The number of hydrogen-bond donors (Lipinski definition) is 0. The molecular formula is C20H33O12P. The molecule has 1 fully saturated rings. The maximum absolute atomic E-state index is 12.9. The highest BCUT2D eigenvalue weighted by Crippen LogP contribution is 2.49. The van der Waals surface area contributed by atoms with E-state index in [-0.39, 0.29) is 32.4 Å². The van der Waals surface area contributed by atoms with Crippen molar-refractivity contribution in [1.29, 1.82) is 0 Å². The molecule has 0 aromatic carbocycles. The van der Waals surface area contributed by atoms with E-state index in [1.807, 2.05) is 0 Å². The topological polar surface area (TPSA) is 150 Å². The van der Waals surface area contributed by atoms with Gasteiger partial charge in [-0.1, -0.05) is 0 Å². The van der Waals surface area contributed by atoms with Gasteiger partial charge in [0.1, 0.15) is 12.7 Å². The average molecular weight is 496 g/mol. The van der Waals surface area contributed by atoms with Crippen LogP contribution in [-0.4, -0.2) is 80.4 Å². The minimum Gasteiger partial charge on any atom is -0.463 e. The predicted octanol–water partition coefficient (Wildman–Crippen LogP) is 1.77. The Labute approximate surface area is 193 Å². The summed E-state index contributed by atoms with van der Waals surface area (Å²) >= 11 is 0. The molecule has 33 heavy (non-hydrogen) atoms. The molecular weight excluding hydrogens is 463 g/mol. The predicted molar refractivity (Wildman–Crippen MR) is 112 cm³/mol. The number of ether oxygens (including phenoxy) is 5. The summed E-state index contributed by atoms with van der Waals surface area (Å²) in [4.78, 5) is 46.7. The Morgan fingerprint density at radius 1 is 0.727 bits per heavy atom. The quantitative estimate of drug-likeness (QED) is 0.220. The van der Waals surface area contributed by atoms with Gasteiger partial charge in [-0.3, -0.25) is 23.7 Å². The highest BCUT2D eigenvalue weighted by atomic mass is 31.2. The lowest BCUT2D eigenvalue weighted by Gasteiger charge is -2.44. The van der Waals surface area contributed by atoms with Crippen molar-refractivity contribution >= 4 is 31.5 Å². The molecule has 0 amide bonds. The van der Waals surface area contributed by atoms with Gasteiger partial charge in [0.15, 0.2) is 18.3 Å². The summed E-state index contributed by atoms with van der Waals surface area (Å²) in [5.74, 6) is -2.76. The SMILES string of the molecule is CCOP(=O)(CC[C@H]1O[C@H](COC(C)=O)[C@@H](OC(C)=O)[C@H](OC(C)=O)[C@@H]1OC(C)=O)OCC. The lowest BCUT2D eigenvalue weighted by molar-refractivity contribution is -0.252. The smallest absolute Gasteiger partial charge is 0.330 e. The van der Waals surface area contributed by atoms with Crippen LogP contribution in [0.2, 0.25) is 0 Å². The van der Waals surface area contributed by atoms with E-state index in [1.165, 1.54) is 6.92 Å². The van der Waals surface area contributed by atoms with Gasteiger partial charge in [0.25, 0.3) is 0 Å². The van der Waals surface area contributed by atoms with E-state index in [2.05, 4.69) is 0 Å². The van der Waals surface area contributed by atoms with Crippen molar-refractivity contribution in [2.75, 3.05) is 26.0 Å². The fourth-order valence-corrected chi connectivity index (χ4v) is 5.09. The Bertz CT molecular complexity index is 729. The lowest BCUT2D eigenvalue weighted by atomic mass is 9.93. The van der Waals surface area contributed by atoms with Crippen LogP contribution in [-0.2, 0) is 56.5 Å². The first-order valence-electron chi connectivity index (χ1n) is 10.6. The van der Waals surface area contributed by atoms with Crippen LogP contribution in [0.4, 0.5) is 0 Å². The molecule has 0 radical (unpaired) electrons. The molecule has 1 heterocycles. The van der Waals surface area contributed by atoms with Crippen molar-refractivity contribution < 1.29 is 56.5 Å². The van der Waals surface area contributed by atoms with Gasteiger partial charge in [-0.05, 0) is 20.3 Å². The largest absolute Gasteiger partial charge is 0.463 e. The third-order valence-electron chi connectivity index (χ3n) is 4.43. The third kappa shape index (κ3) is 9.79. The fourth-order valence-electron chi connectivity index (χ4n) is 3.40. The molecule has 190 valence electrons. The Morgan fingerprint density at radius 2 is 1.18 bits per heavy atom. The molecule has 1 saturated heterocycles. The third-order valence-corrected chi connectivity index (χ3v) is 6.54. The molecule has 0 aromatic heterocycles. The van der Waals surface area contributed by atoms with E-state index in [0.717, 1.165) is 20.8 Å². The lowest BCUT2D eigenvalue weighted by Crippen LogP contribution is -2.62. The number of carbonyl (C=O) groups is 4. The van der Waals surface area contributed by atoms with Crippen LogP contribution in [0.3, 0.4) is 0 Å². The summed E-state index contributed by atoms with van der Waals surface area (Å²) in [6, 6.07) is 0. The Hall–Kier alpha value is -2.01. The normalized spacial score (nSPS) is 25.1. The van der Waals surface area contributed by atoms with Gasteiger partial charge in [-0.15, -0.1) is 0 Å². The molecule has 0 aromatic rings. The Morgan fingerprint density at radius 3 is 1.61 bits per heavy atom. The maximum Gasteiger partial charge on any atom is 0.330 e. The molecule has 0 bridgehead atoms. The Kier molecular flexibility index (Phi) is 12.0. The van der Waals surface area contributed by atoms with Crippen molar-refractivity contribution in [2.45, 2.75) is 78.5 Å². The Balaban J connectivity index is 3.32. The zero-order valence-corrected chi connectivity index (χ0v) is 20.7. The minimum absolute atomic E-state index is 0.0103. The first-order valence-corrected chi connectivity index (χ1v) is 12.3. The molecule has 1 aliphatic rings. The number of carbonyl (C=O) groups excluding carboxylic acids is 4. The molecule has 1 rings (SSSR count). The zero-order valence-electron chi connectivity index (χ0n) is 19.8. The van der Waals surface area contributed by atoms with Crippen LogP contribution in [0, 0.1) is 0 Å². The summed E-state index contributed by atoms with van der Waals surface area (Å²) < 4.78 is 50.6. The number of hydrogen-bond acceptors (Lipinski definition) is 12. The van der Waals surface area contributed by atoms with E-state index in [9.17, 15) is 23.7 Å². The van der Waals surface area contributed by atoms with Crippen LogP contribution in [0.5, 0.6) is 0 Å². The summed E-state index contributed by atoms with van der Waals surface area (Å²) in [6.45, 7) is 7.92. The molecule has 0 saturated carbocycles. The molecule has 0 spiro atoms. The van der Waals surface area contributed by atoms with E-state index in [4.69, 9.17) is 32.7 Å². The van der Waals surface area contributed by atoms with E-state index in [0.29, 0.717) is 0 Å². The van der Waals surface area contributed by atoms with Crippen LogP contribution in [0.15, 0.2) is 0 Å². The first kappa shape index (κ1) is 29.0. The van der Waals surface area contributed by atoms with Gasteiger partial charge >= 0.3 is 31.5 Å². The van der Waals surface area contributed by atoms with E-state index >= 15 is 0 Å². The summed E-state index contributed by atoms with van der Waals surface area (Å²) in [5.41, 5.74) is 0. The van der Waals surface area contributed by atoms with Crippen molar-refractivity contribution in [3.63, 3.8) is 0 Å². The van der Waals surface area contributed by atoms with Crippen molar-refractivity contribution in [3.05, 3.63) is 0 Å². The molecule has 12 nitrogen and oxygen atoms in total. The van der Waals surface area contributed by atoms with Gasteiger partial charge in [0.05, 0.1) is 25.5 Å². The molecule has 13 heteroatoms. The summed E-state index contributed by atoms with van der Waals surface area (Å²) in [7, 11) is -3.48. The van der Waals surface area contributed by atoms with Crippen molar-refractivity contribution in [3.8, 4) is 0 Å². The van der Waals surface area contributed by atoms with Crippen molar-refractivity contribution in [2.24, 2.45) is 0 Å². The second-order valence-electron chi connectivity index (χ2n) is 7.20. The van der Waals surface area contributed by atoms with Crippen LogP contribution in [0.25, 0.3) is 0 Å². The second-order valence-corrected chi connectivity index (χ2v) is 9.38. The number of esters is 4. The fraction of sp³-hybridized carbons (Fsp3) is 0.800. The molecule has 5 atom stereocenters. The van der Waals surface area contributed by atoms with Gasteiger partial charge in [-0.25, -0.2) is 0 Å². The molecule has 0 N–H and O–H groups in total. The van der Waals surface area contributed by atoms with Crippen LogP contribution in [0.1, 0.15) is 48.0 Å².